The second-order valence-electron chi connectivity index (χ2n) is 7.13. The van der Waals surface area contributed by atoms with Gasteiger partial charge >= 0.3 is 0 Å². The highest BCUT2D eigenvalue weighted by Gasteiger charge is 2.14. The summed E-state index contributed by atoms with van der Waals surface area (Å²) in [6, 6.07) is 3.86. The molecular formula is C21H27N7O. The number of ether oxygens (including phenoxy) is 1. The van der Waals surface area contributed by atoms with E-state index in [4.69, 9.17) is 4.74 Å². The maximum absolute atomic E-state index is 9.29. The van der Waals surface area contributed by atoms with Crippen molar-refractivity contribution in [3.8, 4) is 23.8 Å². The Morgan fingerprint density at radius 2 is 1.93 bits per heavy atom. The largest absolute Gasteiger partial charge is 0.471 e. The number of pyridine rings is 1. The van der Waals surface area contributed by atoms with Gasteiger partial charge in [0, 0.05) is 31.8 Å². The quantitative estimate of drug-likeness (QED) is 0.693. The van der Waals surface area contributed by atoms with Gasteiger partial charge in [0.05, 0.1) is 17.4 Å². The molecule has 0 saturated carbocycles. The summed E-state index contributed by atoms with van der Waals surface area (Å²) < 4.78 is 5.82. The van der Waals surface area contributed by atoms with Crippen molar-refractivity contribution < 1.29 is 4.74 Å². The fraction of sp³-hybridized carbons (Fsp3) is 0.429. The molecule has 0 aliphatic rings. The molecule has 1 unspecified atom stereocenters. The standard InChI is InChI=1S/C21H27N7O/c1-14(2)7-8-16-11-25-19(9-17(16)23-4)26-20-12-24-18(10-22)21(27-20)29-15(3)13-28(5)6/h9,11-12,14-15H,13H2,1-6H3,(H2,23,25,26,27). The third-order valence-electron chi connectivity index (χ3n) is 3.71. The number of rotatable bonds is 7. The molecule has 0 aliphatic carbocycles. The molecule has 29 heavy (non-hydrogen) atoms. The van der Waals surface area contributed by atoms with Crippen molar-refractivity contribution in [1.82, 2.24) is 19.9 Å². The third-order valence-corrected chi connectivity index (χ3v) is 3.71. The lowest BCUT2D eigenvalue weighted by atomic mass is 10.2. The Hall–Kier alpha value is -3.36. The average molecular weight is 393 g/mol. The van der Waals surface area contributed by atoms with Crippen molar-refractivity contribution in [3.63, 3.8) is 0 Å². The molecule has 0 aliphatic heterocycles. The predicted molar refractivity (Wildman–Crippen MR) is 114 cm³/mol. The Balaban J connectivity index is 2.24. The Kier molecular flexibility index (Phi) is 7.76. The number of hydrogen-bond acceptors (Lipinski definition) is 8. The topological polar surface area (TPSA) is 99.0 Å². The van der Waals surface area contributed by atoms with Gasteiger partial charge in [0.15, 0.2) is 5.82 Å². The summed E-state index contributed by atoms with van der Waals surface area (Å²) in [5, 5.41) is 15.5. The summed E-state index contributed by atoms with van der Waals surface area (Å²) in [7, 11) is 5.74. The molecule has 0 amide bonds. The minimum atomic E-state index is -0.144. The maximum Gasteiger partial charge on any atom is 0.253 e. The molecule has 0 spiro atoms. The van der Waals surface area contributed by atoms with Crippen molar-refractivity contribution >= 4 is 17.3 Å². The van der Waals surface area contributed by atoms with E-state index in [0.29, 0.717) is 18.2 Å². The van der Waals surface area contributed by atoms with Crippen molar-refractivity contribution in [2.45, 2.75) is 26.9 Å². The molecule has 0 saturated heterocycles. The summed E-state index contributed by atoms with van der Waals surface area (Å²) in [5.74, 6) is 7.75. The van der Waals surface area contributed by atoms with Crippen LogP contribution in [0, 0.1) is 29.1 Å². The normalized spacial score (nSPS) is 11.4. The minimum Gasteiger partial charge on any atom is -0.471 e. The van der Waals surface area contributed by atoms with Crippen LogP contribution in [0.15, 0.2) is 18.5 Å². The number of nitriles is 1. The number of nitrogens with one attached hydrogen (secondary N) is 2. The van der Waals surface area contributed by atoms with Crippen LogP contribution in [0.25, 0.3) is 0 Å². The second-order valence-corrected chi connectivity index (χ2v) is 7.13. The smallest absolute Gasteiger partial charge is 0.253 e. The predicted octanol–water partition coefficient (Wildman–Crippen LogP) is 2.86. The van der Waals surface area contributed by atoms with Crippen LogP contribution >= 0.6 is 0 Å². The van der Waals surface area contributed by atoms with E-state index in [1.54, 1.807) is 6.20 Å². The first-order valence-electron chi connectivity index (χ1n) is 9.37. The summed E-state index contributed by atoms with van der Waals surface area (Å²) in [5.41, 5.74) is 1.82. The first-order valence-corrected chi connectivity index (χ1v) is 9.37. The van der Waals surface area contributed by atoms with Crippen LogP contribution in [0.3, 0.4) is 0 Å². The Morgan fingerprint density at radius 3 is 2.55 bits per heavy atom. The van der Waals surface area contributed by atoms with Gasteiger partial charge in [0.1, 0.15) is 18.0 Å². The highest BCUT2D eigenvalue weighted by molar-refractivity contribution is 5.65. The molecular weight excluding hydrogens is 366 g/mol. The molecule has 8 nitrogen and oxygen atoms in total. The SMILES string of the molecule is CNc1cc(Nc2cnc(C#N)c(OC(C)CN(C)C)n2)ncc1C#CC(C)C. The van der Waals surface area contributed by atoms with Crippen molar-refractivity contribution in [1.29, 1.82) is 5.26 Å². The van der Waals surface area contributed by atoms with Crippen LogP contribution in [0.1, 0.15) is 32.0 Å². The lowest BCUT2D eigenvalue weighted by molar-refractivity contribution is 0.169. The number of aromatic nitrogens is 3. The first-order chi connectivity index (χ1) is 13.8. The molecule has 8 heteroatoms. The first kappa shape index (κ1) is 21.9. The molecule has 2 aromatic rings. The number of anilines is 3. The van der Waals surface area contributed by atoms with E-state index in [2.05, 4.69) is 37.4 Å². The van der Waals surface area contributed by atoms with Gasteiger partial charge in [-0.15, -0.1) is 0 Å². The average Bonchev–Trinajstić information content (AvgIpc) is 2.66. The van der Waals surface area contributed by atoms with Gasteiger partial charge in [-0.2, -0.15) is 10.2 Å². The van der Waals surface area contributed by atoms with E-state index >= 15 is 0 Å². The number of hydrogen-bond donors (Lipinski definition) is 2. The Morgan fingerprint density at radius 1 is 1.17 bits per heavy atom. The van der Waals surface area contributed by atoms with Crippen molar-refractivity contribution in [2.24, 2.45) is 5.92 Å². The van der Waals surface area contributed by atoms with Gasteiger partial charge in [0.25, 0.3) is 5.88 Å². The van der Waals surface area contributed by atoms with E-state index in [1.807, 2.05) is 58.9 Å². The zero-order valence-corrected chi connectivity index (χ0v) is 17.7. The van der Waals surface area contributed by atoms with Crippen LogP contribution in [0.5, 0.6) is 5.88 Å². The van der Waals surface area contributed by atoms with Gasteiger partial charge in [-0.1, -0.05) is 25.7 Å². The molecule has 0 radical (unpaired) electrons. The van der Waals surface area contributed by atoms with Crippen LogP contribution in [-0.4, -0.2) is 53.6 Å². The zero-order chi connectivity index (χ0) is 21.4. The fourth-order valence-corrected chi connectivity index (χ4v) is 2.52. The van der Waals surface area contributed by atoms with E-state index in [1.165, 1.54) is 6.20 Å². The molecule has 2 N–H and O–H groups in total. The molecule has 2 heterocycles. The van der Waals surface area contributed by atoms with Crippen LogP contribution in [-0.2, 0) is 0 Å². The van der Waals surface area contributed by atoms with Crippen molar-refractivity contribution in [2.75, 3.05) is 38.3 Å². The monoisotopic (exact) mass is 393 g/mol. The van der Waals surface area contributed by atoms with Crippen LogP contribution < -0.4 is 15.4 Å². The summed E-state index contributed by atoms with van der Waals surface area (Å²) in [6.45, 7) is 6.69. The maximum atomic E-state index is 9.29. The number of likely N-dealkylation sites (N-methyl/N-ethyl adjacent to an activating group) is 1. The lowest BCUT2D eigenvalue weighted by Crippen LogP contribution is -2.28. The molecule has 0 aromatic carbocycles. The van der Waals surface area contributed by atoms with Gasteiger partial charge in [0.2, 0.25) is 5.69 Å². The minimum absolute atomic E-state index is 0.143. The van der Waals surface area contributed by atoms with Crippen LogP contribution in [0.4, 0.5) is 17.3 Å². The molecule has 152 valence electrons. The summed E-state index contributed by atoms with van der Waals surface area (Å²) in [4.78, 5) is 14.9. The highest BCUT2D eigenvalue weighted by Crippen LogP contribution is 2.22. The van der Waals surface area contributed by atoms with E-state index in [9.17, 15) is 5.26 Å². The molecule has 2 aromatic heterocycles. The molecule has 1 atom stereocenters. The van der Waals surface area contributed by atoms with Gasteiger partial charge in [-0.3, -0.25) is 0 Å². The van der Waals surface area contributed by atoms with E-state index in [-0.39, 0.29) is 23.6 Å². The lowest BCUT2D eigenvalue weighted by Gasteiger charge is -2.18. The zero-order valence-electron chi connectivity index (χ0n) is 17.7. The molecule has 2 rings (SSSR count). The third kappa shape index (κ3) is 6.63. The van der Waals surface area contributed by atoms with Crippen molar-refractivity contribution in [3.05, 3.63) is 29.7 Å². The summed E-state index contributed by atoms with van der Waals surface area (Å²) >= 11 is 0. The van der Waals surface area contributed by atoms with E-state index < -0.39 is 0 Å². The molecule has 0 bridgehead atoms. The number of nitrogens with zero attached hydrogens (tertiary/aromatic N) is 5. The Labute approximate surface area is 172 Å². The van der Waals surface area contributed by atoms with Gasteiger partial charge in [-0.25, -0.2) is 9.97 Å². The second kappa shape index (κ2) is 10.3. The highest BCUT2D eigenvalue weighted by atomic mass is 16.5. The van der Waals surface area contributed by atoms with Gasteiger partial charge in [-0.05, 0) is 21.0 Å². The fourth-order valence-electron chi connectivity index (χ4n) is 2.52. The Bertz CT molecular complexity index is 938. The van der Waals surface area contributed by atoms with Gasteiger partial charge < -0.3 is 20.3 Å². The molecule has 0 fully saturated rings. The van der Waals surface area contributed by atoms with E-state index in [0.717, 1.165) is 11.3 Å². The van der Waals surface area contributed by atoms with Crippen LogP contribution in [0.2, 0.25) is 0 Å². The summed E-state index contributed by atoms with van der Waals surface area (Å²) in [6.07, 6.45) is 3.04.